The van der Waals surface area contributed by atoms with Gasteiger partial charge in [-0.2, -0.15) is 0 Å². The van der Waals surface area contributed by atoms with Crippen molar-refractivity contribution in [2.24, 2.45) is 0 Å². The monoisotopic (exact) mass is 321 g/mol. The number of rotatable bonds is 4. The molecule has 1 atom stereocenters. The summed E-state index contributed by atoms with van der Waals surface area (Å²) in [5, 5.41) is 3.36. The molecule has 0 saturated carbocycles. The smallest absolute Gasteiger partial charge is 0.127 e. The Bertz CT molecular complexity index is 568. The van der Waals surface area contributed by atoms with Gasteiger partial charge in [0.1, 0.15) is 5.82 Å². The van der Waals surface area contributed by atoms with Crippen LogP contribution in [-0.2, 0) is 6.54 Å². The Balaban J connectivity index is 2.06. The molecule has 0 aromatic heterocycles. The van der Waals surface area contributed by atoms with E-state index in [1.165, 1.54) is 17.2 Å². The summed E-state index contributed by atoms with van der Waals surface area (Å²) in [5.74, 6) is -0.173. The Morgan fingerprint density at radius 1 is 1.21 bits per heavy atom. The summed E-state index contributed by atoms with van der Waals surface area (Å²) in [7, 11) is 0. The van der Waals surface area contributed by atoms with E-state index >= 15 is 0 Å². The van der Waals surface area contributed by atoms with Crippen LogP contribution in [0.1, 0.15) is 29.7 Å². The third-order valence-electron chi connectivity index (χ3n) is 3.26. The van der Waals surface area contributed by atoms with Gasteiger partial charge in [-0.25, -0.2) is 4.39 Å². The number of nitrogens with one attached hydrogen (secondary N) is 1. The van der Waals surface area contributed by atoms with E-state index in [-0.39, 0.29) is 11.9 Å². The molecule has 100 valence electrons. The molecule has 0 heterocycles. The third kappa shape index (κ3) is 3.64. The molecule has 0 aliphatic carbocycles. The minimum atomic E-state index is -0.173. The third-order valence-corrected chi connectivity index (χ3v) is 3.75. The highest BCUT2D eigenvalue weighted by Gasteiger charge is 2.09. The van der Waals surface area contributed by atoms with Gasteiger partial charge in [-0.3, -0.25) is 0 Å². The van der Waals surface area contributed by atoms with E-state index < -0.39 is 0 Å². The summed E-state index contributed by atoms with van der Waals surface area (Å²) >= 11 is 3.37. The van der Waals surface area contributed by atoms with Gasteiger partial charge >= 0.3 is 0 Å². The molecule has 2 rings (SSSR count). The van der Waals surface area contributed by atoms with E-state index in [4.69, 9.17) is 0 Å². The van der Waals surface area contributed by atoms with Gasteiger partial charge in [0, 0.05) is 22.6 Å². The van der Waals surface area contributed by atoms with Crippen molar-refractivity contribution in [1.82, 2.24) is 5.32 Å². The van der Waals surface area contributed by atoms with E-state index in [0.717, 1.165) is 4.47 Å². The van der Waals surface area contributed by atoms with E-state index in [2.05, 4.69) is 47.2 Å². The van der Waals surface area contributed by atoms with E-state index in [9.17, 15) is 4.39 Å². The zero-order chi connectivity index (χ0) is 13.8. The molecule has 0 unspecified atom stereocenters. The van der Waals surface area contributed by atoms with Crippen molar-refractivity contribution in [1.29, 1.82) is 0 Å². The van der Waals surface area contributed by atoms with Gasteiger partial charge < -0.3 is 5.32 Å². The van der Waals surface area contributed by atoms with Gasteiger partial charge in [0.2, 0.25) is 0 Å². The molecule has 1 N–H and O–H groups in total. The molecular weight excluding hydrogens is 305 g/mol. The lowest BCUT2D eigenvalue weighted by Crippen LogP contribution is -2.19. The molecule has 0 fully saturated rings. The summed E-state index contributed by atoms with van der Waals surface area (Å²) in [6, 6.07) is 13.5. The molecule has 0 radical (unpaired) electrons. The van der Waals surface area contributed by atoms with Gasteiger partial charge in [0.15, 0.2) is 0 Å². The minimum Gasteiger partial charge on any atom is -0.306 e. The van der Waals surface area contributed by atoms with Crippen LogP contribution in [-0.4, -0.2) is 0 Å². The standard InChI is InChI=1S/C16H17BrFN/c1-11-5-3-4-6-15(11)12(2)19-10-13-9-14(17)7-8-16(13)18/h3-9,12,19H,10H2,1-2H3/t12-/m0/s1. The maximum Gasteiger partial charge on any atom is 0.127 e. The Hall–Kier alpha value is -1.19. The molecule has 19 heavy (non-hydrogen) atoms. The number of aryl methyl sites for hydroxylation is 1. The summed E-state index contributed by atoms with van der Waals surface area (Å²) in [6.45, 7) is 4.70. The van der Waals surface area contributed by atoms with Crippen molar-refractivity contribution in [3.05, 3.63) is 69.4 Å². The topological polar surface area (TPSA) is 12.0 Å². The molecule has 0 amide bonds. The Kier molecular flexibility index (Phi) is 4.72. The molecule has 2 aromatic carbocycles. The first kappa shape index (κ1) is 14.2. The highest BCUT2D eigenvalue weighted by Crippen LogP contribution is 2.19. The van der Waals surface area contributed by atoms with Crippen LogP contribution in [0.3, 0.4) is 0 Å². The second-order valence-electron chi connectivity index (χ2n) is 4.69. The summed E-state index contributed by atoms with van der Waals surface area (Å²) in [4.78, 5) is 0. The van der Waals surface area contributed by atoms with Gasteiger partial charge in [-0.15, -0.1) is 0 Å². The van der Waals surface area contributed by atoms with Crippen molar-refractivity contribution < 1.29 is 4.39 Å². The molecule has 0 spiro atoms. The lowest BCUT2D eigenvalue weighted by molar-refractivity contribution is 0.542. The molecule has 0 saturated heterocycles. The van der Waals surface area contributed by atoms with Crippen LogP contribution in [0, 0.1) is 12.7 Å². The number of halogens is 2. The van der Waals surface area contributed by atoms with E-state index in [1.54, 1.807) is 6.07 Å². The van der Waals surface area contributed by atoms with Crippen LogP contribution >= 0.6 is 15.9 Å². The molecule has 0 aliphatic heterocycles. The van der Waals surface area contributed by atoms with Crippen LogP contribution in [0.5, 0.6) is 0 Å². The minimum absolute atomic E-state index is 0.173. The second kappa shape index (κ2) is 6.31. The molecule has 0 aliphatic rings. The summed E-state index contributed by atoms with van der Waals surface area (Å²) in [5.41, 5.74) is 3.17. The van der Waals surface area contributed by atoms with Gasteiger partial charge in [0.25, 0.3) is 0 Å². The second-order valence-corrected chi connectivity index (χ2v) is 5.61. The predicted octanol–water partition coefficient (Wildman–Crippen LogP) is 4.75. The van der Waals surface area contributed by atoms with Gasteiger partial charge in [0.05, 0.1) is 0 Å². The highest BCUT2D eigenvalue weighted by atomic mass is 79.9. The first-order chi connectivity index (χ1) is 9.08. The van der Waals surface area contributed by atoms with Crippen LogP contribution in [0.25, 0.3) is 0 Å². The van der Waals surface area contributed by atoms with Crippen molar-refractivity contribution in [2.45, 2.75) is 26.4 Å². The number of hydrogen-bond donors (Lipinski definition) is 1. The van der Waals surface area contributed by atoms with Crippen molar-refractivity contribution >= 4 is 15.9 Å². The largest absolute Gasteiger partial charge is 0.306 e. The van der Waals surface area contributed by atoms with Crippen LogP contribution in [0.4, 0.5) is 4.39 Å². The van der Waals surface area contributed by atoms with Crippen LogP contribution < -0.4 is 5.32 Å². The number of benzene rings is 2. The van der Waals surface area contributed by atoms with Crippen LogP contribution in [0.15, 0.2) is 46.9 Å². The zero-order valence-corrected chi connectivity index (χ0v) is 12.7. The molecule has 2 aromatic rings. The molecule has 3 heteroatoms. The Labute approximate surface area is 122 Å². The first-order valence-corrected chi connectivity index (χ1v) is 7.10. The lowest BCUT2D eigenvalue weighted by Gasteiger charge is -2.17. The molecule has 1 nitrogen and oxygen atoms in total. The SMILES string of the molecule is Cc1ccccc1[C@H](C)NCc1cc(Br)ccc1F. The van der Waals surface area contributed by atoms with Gasteiger partial charge in [-0.1, -0.05) is 40.2 Å². The fourth-order valence-corrected chi connectivity index (χ4v) is 2.53. The van der Waals surface area contributed by atoms with Crippen LogP contribution in [0.2, 0.25) is 0 Å². The van der Waals surface area contributed by atoms with E-state index in [1.807, 2.05) is 18.2 Å². The maximum atomic E-state index is 13.6. The fourth-order valence-electron chi connectivity index (χ4n) is 2.12. The van der Waals surface area contributed by atoms with Crippen molar-refractivity contribution in [3.63, 3.8) is 0 Å². The Morgan fingerprint density at radius 2 is 1.95 bits per heavy atom. The summed E-state index contributed by atoms with van der Waals surface area (Å²) < 4.78 is 14.5. The lowest BCUT2D eigenvalue weighted by atomic mass is 10.0. The zero-order valence-electron chi connectivity index (χ0n) is 11.1. The first-order valence-electron chi connectivity index (χ1n) is 6.31. The quantitative estimate of drug-likeness (QED) is 0.857. The van der Waals surface area contributed by atoms with Crippen molar-refractivity contribution in [3.8, 4) is 0 Å². The highest BCUT2D eigenvalue weighted by molar-refractivity contribution is 9.10. The molecular formula is C16H17BrFN. The molecule has 0 bridgehead atoms. The number of hydrogen-bond acceptors (Lipinski definition) is 1. The maximum absolute atomic E-state index is 13.6. The Morgan fingerprint density at radius 3 is 2.68 bits per heavy atom. The van der Waals surface area contributed by atoms with Gasteiger partial charge in [-0.05, 0) is 43.2 Å². The predicted molar refractivity (Wildman–Crippen MR) is 80.5 cm³/mol. The normalized spacial score (nSPS) is 12.4. The van der Waals surface area contributed by atoms with E-state index in [0.29, 0.717) is 12.1 Å². The average Bonchev–Trinajstić information content (AvgIpc) is 2.40. The average molecular weight is 322 g/mol. The van der Waals surface area contributed by atoms with Crippen molar-refractivity contribution in [2.75, 3.05) is 0 Å². The fraction of sp³-hybridized carbons (Fsp3) is 0.250. The summed E-state index contributed by atoms with van der Waals surface area (Å²) in [6.07, 6.45) is 0.